The molecule has 0 aliphatic rings. The largest absolute Gasteiger partial charge is 0.339 e. The van der Waals surface area contributed by atoms with Gasteiger partial charge in [-0.3, -0.25) is 9.59 Å². The summed E-state index contributed by atoms with van der Waals surface area (Å²) in [6.07, 6.45) is 42.7. The van der Waals surface area contributed by atoms with E-state index in [9.17, 15) is 9.59 Å². The Morgan fingerprint density at radius 3 is 1.11 bits per heavy atom. The maximum absolute atomic E-state index is 13.1. The number of carbonyl (C=O) groups is 2. The summed E-state index contributed by atoms with van der Waals surface area (Å²) in [5, 5.41) is 0. The second-order valence-corrected chi connectivity index (χ2v) is 16.4. The Morgan fingerprint density at radius 1 is 0.478 bits per heavy atom. The Labute approximate surface area is 289 Å². The van der Waals surface area contributed by atoms with Crippen LogP contribution in [0, 0.1) is 0 Å². The van der Waals surface area contributed by atoms with E-state index < -0.39 is 8.15 Å². The van der Waals surface area contributed by atoms with Gasteiger partial charge in [0.05, 0.1) is 21.1 Å². The number of quaternary nitrogens is 1. The van der Waals surface area contributed by atoms with Gasteiger partial charge >= 0.3 is 0 Å². The smallest absolute Gasteiger partial charge is 0.189 e. The molecule has 270 valence electrons. The van der Waals surface area contributed by atoms with Crippen molar-refractivity contribution in [1.82, 2.24) is 0 Å². The number of rotatable bonds is 36. The standard InChI is InChI=1S/C41H79NO3P/c1-6-8-10-12-14-16-18-20-22-24-26-28-30-32-34-36-40(43)46(45-39-38-42(3,4)5)41(44)37-35-33-31-29-27-25-23-21-19-17-15-13-11-9-7-2/h20-23H,6-19,24-39H2,1-5H3/q+1/b22-20-,23-21-. The van der Waals surface area contributed by atoms with Crippen molar-refractivity contribution < 1.29 is 18.6 Å². The Bertz CT molecular complexity index is 690. The number of allylic oxidation sites excluding steroid dienone is 4. The number of carbonyl (C=O) groups excluding carboxylic acids is 2. The lowest BCUT2D eigenvalue weighted by Gasteiger charge is -2.24. The van der Waals surface area contributed by atoms with Crippen LogP contribution in [-0.2, 0) is 14.1 Å². The molecule has 0 radical (unpaired) electrons. The van der Waals surface area contributed by atoms with Crippen molar-refractivity contribution in [3.63, 3.8) is 0 Å². The van der Waals surface area contributed by atoms with Gasteiger partial charge in [0, 0.05) is 12.8 Å². The molecule has 5 heteroatoms. The van der Waals surface area contributed by atoms with Gasteiger partial charge in [0.1, 0.15) is 13.2 Å². The van der Waals surface area contributed by atoms with Crippen molar-refractivity contribution in [3.05, 3.63) is 24.3 Å². The third-order valence-electron chi connectivity index (χ3n) is 8.74. The van der Waals surface area contributed by atoms with Crippen LogP contribution in [0.3, 0.4) is 0 Å². The predicted octanol–water partition coefficient (Wildman–Crippen LogP) is 13.2. The van der Waals surface area contributed by atoms with E-state index in [0.29, 0.717) is 19.4 Å². The van der Waals surface area contributed by atoms with Crippen molar-refractivity contribution in [1.29, 1.82) is 0 Å². The fourth-order valence-electron chi connectivity index (χ4n) is 5.59. The van der Waals surface area contributed by atoms with E-state index in [1.165, 1.54) is 141 Å². The van der Waals surface area contributed by atoms with Gasteiger partial charge in [0.25, 0.3) is 0 Å². The van der Waals surface area contributed by atoms with Crippen molar-refractivity contribution in [2.45, 2.75) is 194 Å². The Morgan fingerprint density at radius 2 is 0.783 bits per heavy atom. The van der Waals surface area contributed by atoms with E-state index in [0.717, 1.165) is 36.7 Å². The molecule has 0 aliphatic heterocycles. The summed E-state index contributed by atoms with van der Waals surface area (Å²) in [6, 6.07) is 0. The zero-order valence-corrected chi connectivity index (χ0v) is 32.5. The zero-order chi connectivity index (χ0) is 34.0. The average molecular weight is 665 g/mol. The first-order chi connectivity index (χ1) is 22.3. The average Bonchev–Trinajstić information content (AvgIpc) is 3.02. The lowest BCUT2D eigenvalue weighted by atomic mass is 10.1. The number of nitrogens with zero attached hydrogens (tertiary/aromatic N) is 1. The van der Waals surface area contributed by atoms with Gasteiger partial charge < -0.3 is 9.01 Å². The molecule has 0 aromatic carbocycles. The molecule has 0 saturated carbocycles. The maximum Gasteiger partial charge on any atom is 0.189 e. The molecular weight excluding hydrogens is 585 g/mol. The summed E-state index contributed by atoms with van der Waals surface area (Å²) in [7, 11) is 4.72. The second kappa shape index (κ2) is 34.0. The van der Waals surface area contributed by atoms with Gasteiger partial charge in [-0.05, 0) is 64.2 Å². The molecule has 0 bridgehead atoms. The van der Waals surface area contributed by atoms with E-state index in [2.05, 4.69) is 59.3 Å². The third-order valence-corrected chi connectivity index (χ3v) is 10.5. The fourth-order valence-corrected chi connectivity index (χ4v) is 7.14. The summed E-state index contributed by atoms with van der Waals surface area (Å²) in [6.45, 7) is 5.82. The van der Waals surface area contributed by atoms with E-state index in [-0.39, 0.29) is 11.0 Å². The minimum atomic E-state index is -1.63. The summed E-state index contributed by atoms with van der Waals surface area (Å²) in [5.41, 5.74) is 0.124. The molecule has 4 nitrogen and oxygen atoms in total. The van der Waals surface area contributed by atoms with Crippen LogP contribution < -0.4 is 0 Å². The first-order valence-electron chi connectivity index (χ1n) is 19.9. The highest BCUT2D eigenvalue weighted by Gasteiger charge is 2.27. The van der Waals surface area contributed by atoms with Crippen LogP contribution in [0.15, 0.2) is 24.3 Å². The van der Waals surface area contributed by atoms with Crippen LogP contribution >= 0.6 is 8.15 Å². The molecule has 0 aliphatic carbocycles. The zero-order valence-electron chi connectivity index (χ0n) is 31.6. The van der Waals surface area contributed by atoms with Crippen molar-refractivity contribution in [3.8, 4) is 0 Å². The first kappa shape index (κ1) is 45.2. The predicted molar refractivity (Wildman–Crippen MR) is 205 cm³/mol. The van der Waals surface area contributed by atoms with Gasteiger partial charge in [-0.25, -0.2) is 0 Å². The SMILES string of the molecule is CCCCCCCC/C=C\CCCCCCCC(=O)P(OCC[N+](C)(C)C)C(=O)CCCCCCC/C=C\CCCCCCCC. The highest BCUT2D eigenvalue weighted by atomic mass is 31.1. The first-order valence-corrected chi connectivity index (χ1v) is 21.2. The van der Waals surface area contributed by atoms with Crippen molar-refractivity contribution in [2.24, 2.45) is 0 Å². The highest BCUT2D eigenvalue weighted by molar-refractivity contribution is 7.85. The molecule has 0 unspecified atom stereocenters. The number of hydrogen-bond acceptors (Lipinski definition) is 3. The lowest BCUT2D eigenvalue weighted by Crippen LogP contribution is -2.37. The lowest BCUT2D eigenvalue weighted by molar-refractivity contribution is -0.870. The van der Waals surface area contributed by atoms with Crippen LogP contribution in [0.2, 0.25) is 0 Å². The summed E-state index contributed by atoms with van der Waals surface area (Å²) in [5.74, 6) is 0. The van der Waals surface area contributed by atoms with Crippen molar-refractivity contribution >= 4 is 19.2 Å². The molecule has 0 aromatic heterocycles. The van der Waals surface area contributed by atoms with E-state index in [4.69, 9.17) is 4.52 Å². The summed E-state index contributed by atoms with van der Waals surface area (Å²) >= 11 is 0. The van der Waals surface area contributed by atoms with Gasteiger partial charge in [-0.2, -0.15) is 0 Å². The molecular formula is C41H79NO3P+. The third kappa shape index (κ3) is 33.1. The molecule has 0 spiro atoms. The maximum atomic E-state index is 13.1. The van der Waals surface area contributed by atoms with E-state index in [1.54, 1.807) is 0 Å². The van der Waals surface area contributed by atoms with Crippen LogP contribution in [-0.4, -0.2) is 49.8 Å². The molecule has 0 heterocycles. The summed E-state index contributed by atoms with van der Waals surface area (Å²) in [4.78, 5) is 26.2. The molecule has 0 amide bonds. The highest BCUT2D eigenvalue weighted by Crippen LogP contribution is 2.42. The summed E-state index contributed by atoms with van der Waals surface area (Å²) < 4.78 is 6.80. The number of unbranched alkanes of at least 4 members (excludes halogenated alkanes) is 22. The van der Waals surface area contributed by atoms with Crippen LogP contribution in [0.4, 0.5) is 0 Å². The molecule has 0 fully saturated rings. The minimum Gasteiger partial charge on any atom is -0.339 e. The van der Waals surface area contributed by atoms with Crippen molar-refractivity contribution in [2.75, 3.05) is 34.3 Å². The normalized spacial score (nSPS) is 12.3. The monoisotopic (exact) mass is 665 g/mol. The Hall–Kier alpha value is -0.830. The number of likely N-dealkylation sites (N-methyl/N-ethyl adjacent to an activating group) is 1. The van der Waals surface area contributed by atoms with Gasteiger partial charge in [0.15, 0.2) is 19.2 Å². The molecule has 0 N–H and O–H groups in total. The number of hydrogen-bond donors (Lipinski definition) is 0. The van der Waals surface area contributed by atoms with E-state index >= 15 is 0 Å². The molecule has 0 aromatic rings. The van der Waals surface area contributed by atoms with Crippen LogP contribution in [0.1, 0.15) is 194 Å². The molecule has 0 rings (SSSR count). The molecule has 0 saturated heterocycles. The Balaban J connectivity index is 4.10. The minimum absolute atomic E-state index is 0.0618. The van der Waals surface area contributed by atoms with E-state index in [1.807, 2.05) is 0 Å². The quantitative estimate of drug-likeness (QED) is 0.0290. The van der Waals surface area contributed by atoms with Gasteiger partial charge in [0.2, 0.25) is 0 Å². The fraction of sp³-hybridized carbons (Fsp3) is 0.854. The second-order valence-electron chi connectivity index (χ2n) is 14.6. The van der Waals surface area contributed by atoms with Crippen LogP contribution in [0.5, 0.6) is 0 Å². The van der Waals surface area contributed by atoms with Crippen LogP contribution in [0.25, 0.3) is 0 Å². The van der Waals surface area contributed by atoms with Gasteiger partial charge in [-0.15, -0.1) is 0 Å². The topological polar surface area (TPSA) is 43.4 Å². The molecule has 46 heavy (non-hydrogen) atoms. The Kier molecular flexibility index (Phi) is 33.4. The molecule has 0 atom stereocenters. The van der Waals surface area contributed by atoms with Gasteiger partial charge in [-0.1, -0.05) is 141 Å².